The Morgan fingerprint density at radius 1 is 1.19 bits per heavy atom. The third kappa shape index (κ3) is 5.66. The van der Waals surface area contributed by atoms with Crippen molar-refractivity contribution in [3.63, 3.8) is 0 Å². The Morgan fingerprint density at radius 2 is 2.00 bits per heavy atom. The monoisotopic (exact) mass is 224 g/mol. The summed E-state index contributed by atoms with van der Waals surface area (Å²) in [5, 5.41) is 3.55. The quantitative estimate of drug-likeness (QED) is 0.504. The first-order valence-corrected chi connectivity index (χ1v) is 6.97. The molecule has 0 spiro atoms. The van der Waals surface area contributed by atoms with Crippen LogP contribution in [0.1, 0.15) is 46.0 Å². The Kier molecular flexibility index (Phi) is 7.52. The Hall–Kier alpha value is -0.340. The van der Waals surface area contributed by atoms with E-state index in [1.807, 2.05) is 0 Å². The van der Waals surface area contributed by atoms with Gasteiger partial charge < -0.3 is 10.2 Å². The van der Waals surface area contributed by atoms with E-state index in [0.717, 1.165) is 13.1 Å². The van der Waals surface area contributed by atoms with Crippen LogP contribution in [0.25, 0.3) is 0 Å². The second kappa shape index (κ2) is 8.77. The summed E-state index contributed by atoms with van der Waals surface area (Å²) in [4.78, 5) is 2.47. The van der Waals surface area contributed by atoms with Gasteiger partial charge in [-0.1, -0.05) is 25.5 Å². The van der Waals surface area contributed by atoms with Crippen molar-refractivity contribution in [1.82, 2.24) is 10.2 Å². The van der Waals surface area contributed by atoms with Gasteiger partial charge in [0.25, 0.3) is 0 Å². The molecule has 0 atom stereocenters. The van der Waals surface area contributed by atoms with E-state index in [0.29, 0.717) is 0 Å². The van der Waals surface area contributed by atoms with E-state index in [1.54, 1.807) is 5.57 Å². The van der Waals surface area contributed by atoms with E-state index < -0.39 is 0 Å². The van der Waals surface area contributed by atoms with Crippen LogP contribution in [-0.4, -0.2) is 37.6 Å². The van der Waals surface area contributed by atoms with Crippen LogP contribution in [-0.2, 0) is 0 Å². The van der Waals surface area contributed by atoms with Gasteiger partial charge in [-0.3, -0.25) is 0 Å². The van der Waals surface area contributed by atoms with E-state index in [1.165, 1.54) is 51.7 Å². The molecule has 0 aromatic heterocycles. The van der Waals surface area contributed by atoms with Crippen LogP contribution in [0, 0.1) is 0 Å². The molecule has 94 valence electrons. The van der Waals surface area contributed by atoms with Crippen LogP contribution in [0.5, 0.6) is 0 Å². The largest absolute Gasteiger partial charge is 0.315 e. The van der Waals surface area contributed by atoms with Crippen molar-refractivity contribution < 1.29 is 0 Å². The lowest BCUT2D eigenvalue weighted by Gasteiger charge is -2.18. The Bertz CT molecular complexity index is 195. The highest BCUT2D eigenvalue weighted by Crippen LogP contribution is 2.19. The maximum absolute atomic E-state index is 3.55. The topological polar surface area (TPSA) is 15.3 Å². The first kappa shape index (κ1) is 13.7. The van der Waals surface area contributed by atoms with Crippen LogP contribution < -0.4 is 5.32 Å². The fraction of sp³-hybridized carbons (Fsp3) is 0.857. The van der Waals surface area contributed by atoms with Crippen LogP contribution in [0.4, 0.5) is 0 Å². The molecule has 16 heavy (non-hydrogen) atoms. The molecule has 0 unspecified atom stereocenters. The normalized spacial score (nSPS) is 16.6. The second-order valence-electron chi connectivity index (χ2n) is 4.64. The summed E-state index contributed by atoms with van der Waals surface area (Å²) in [6.45, 7) is 10.3. The Labute approximate surface area is 101 Å². The number of likely N-dealkylation sites (N-methyl/N-ethyl adjacent to an activating group) is 1. The number of rotatable bonds is 8. The standard InChI is InChI=1S/C14H28N2/c1-3-16(4-2)13-12-15-11-10-14-8-6-5-7-9-14/h8,15H,3-7,9-13H2,1-2H3. The molecular formula is C14H28N2. The zero-order valence-corrected chi connectivity index (χ0v) is 11.1. The maximum atomic E-state index is 3.55. The maximum Gasteiger partial charge on any atom is 0.0107 e. The van der Waals surface area contributed by atoms with Gasteiger partial charge in [-0.05, 0) is 51.7 Å². The number of nitrogens with one attached hydrogen (secondary N) is 1. The molecule has 0 aromatic rings. The van der Waals surface area contributed by atoms with Gasteiger partial charge in [0.05, 0.1) is 0 Å². The van der Waals surface area contributed by atoms with E-state index in [-0.39, 0.29) is 0 Å². The molecule has 0 saturated carbocycles. The SMILES string of the molecule is CCN(CC)CCNCCC1=CCCCC1. The summed E-state index contributed by atoms with van der Waals surface area (Å²) < 4.78 is 0. The average Bonchev–Trinajstić information content (AvgIpc) is 2.35. The van der Waals surface area contributed by atoms with E-state index in [4.69, 9.17) is 0 Å². The third-order valence-electron chi connectivity index (χ3n) is 3.51. The summed E-state index contributed by atoms with van der Waals surface area (Å²) in [7, 11) is 0. The van der Waals surface area contributed by atoms with Crippen molar-refractivity contribution in [3.05, 3.63) is 11.6 Å². The molecule has 1 aliphatic carbocycles. The second-order valence-corrected chi connectivity index (χ2v) is 4.64. The zero-order chi connectivity index (χ0) is 11.6. The molecule has 1 rings (SSSR count). The molecule has 0 aliphatic heterocycles. The van der Waals surface area contributed by atoms with Gasteiger partial charge in [0, 0.05) is 13.1 Å². The summed E-state index contributed by atoms with van der Waals surface area (Å²) in [5.41, 5.74) is 1.68. The fourth-order valence-corrected chi connectivity index (χ4v) is 2.28. The van der Waals surface area contributed by atoms with Crippen molar-refractivity contribution in [1.29, 1.82) is 0 Å². The molecule has 0 saturated heterocycles. The zero-order valence-electron chi connectivity index (χ0n) is 11.1. The summed E-state index contributed by atoms with van der Waals surface area (Å²) in [6, 6.07) is 0. The highest BCUT2D eigenvalue weighted by molar-refractivity contribution is 5.05. The smallest absolute Gasteiger partial charge is 0.0107 e. The molecule has 0 radical (unpaired) electrons. The summed E-state index contributed by atoms with van der Waals surface area (Å²) in [6.07, 6.45) is 9.19. The van der Waals surface area contributed by atoms with Gasteiger partial charge in [-0.2, -0.15) is 0 Å². The van der Waals surface area contributed by atoms with Gasteiger partial charge in [0.15, 0.2) is 0 Å². The first-order chi connectivity index (χ1) is 7.86. The van der Waals surface area contributed by atoms with E-state index >= 15 is 0 Å². The average molecular weight is 224 g/mol. The summed E-state index contributed by atoms with van der Waals surface area (Å²) >= 11 is 0. The molecule has 0 aromatic carbocycles. The molecule has 0 fully saturated rings. The molecule has 2 heteroatoms. The van der Waals surface area contributed by atoms with Gasteiger partial charge in [-0.25, -0.2) is 0 Å². The molecule has 2 nitrogen and oxygen atoms in total. The highest BCUT2D eigenvalue weighted by atomic mass is 15.1. The Morgan fingerprint density at radius 3 is 2.62 bits per heavy atom. The number of hydrogen-bond donors (Lipinski definition) is 1. The van der Waals surface area contributed by atoms with Crippen LogP contribution in [0.15, 0.2) is 11.6 Å². The van der Waals surface area contributed by atoms with Crippen LogP contribution >= 0.6 is 0 Å². The molecule has 0 amide bonds. The molecule has 1 N–H and O–H groups in total. The van der Waals surface area contributed by atoms with Crippen molar-refractivity contribution in [2.75, 3.05) is 32.7 Å². The van der Waals surface area contributed by atoms with Crippen molar-refractivity contribution in [2.24, 2.45) is 0 Å². The highest BCUT2D eigenvalue weighted by Gasteiger charge is 2.03. The fourth-order valence-electron chi connectivity index (χ4n) is 2.28. The van der Waals surface area contributed by atoms with Crippen LogP contribution in [0.3, 0.4) is 0 Å². The predicted octanol–water partition coefficient (Wildman–Crippen LogP) is 2.81. The van der Waals surface area contributed by atoms with Crippen molar-refractivity contribution >= 4 is 0 Å². The number of nitrogens with zero attached hydrogens (tertiary/aromatic N) is 1. The van der Waals surface area contributed by atoms with Gasteiger partial charge >= 0.3 is 0 Å². The van der Waals surface area contributed by atoms with Gasteiger partial charge in [0.2, 0.25) is 0 Å². The van der Waals surface area contributed by atoms with Crippen LogP contribution in [0.2, 0.25) is 0 Å². The number of allylic oxidation sites excluding steroid dienone is 1. The summed E-state index contributed by atoms with van der Waals surface area (Å²) in [5.74, 6) is 0. The van der Waals surface area contributed by atoms with Gasteiger partial charge in [0.1, 0.15) is 0 Å². The predicted molar refractivity (Wildman–Crippen MR) is 71.8 cm³/mol. The minimum atomic E-state index is 1.13. The molecule has 0 bridgehead atoms. The molecule has 1 aliphatic rings. The minimum absolute atomic E-state index is 1.13. The lowest BCUT2D eigenvalue weighted by atomic mass is 9.97. The van der Waals surface area contributed by atoms with Gasteiger partial charge in [-0.15, -0.1) is 0 Å². The van der Waals surface area contributed by atoms with E-state index in [9.17, 15) is 0 Å². The first-order valence-electron chi connectivity index (χ1n) is 6.97. The van der Waals surface area contributed by atoms with Crippen molar-refractivity contribution in [3.8, 4) is 0 Å². The molecule has 0 heterocycles. The molecular weight excluding hydrogens is 196 g/mol. The third-order valence-corrected chi connectivity index (χ3v) is 3.51. The number of hydrogen-bond acceptors (Lipinski definition) is 2. The minimum Gasteiger partial charge on any atom is -0.315 e. The lowest BCUT2D eigenvalue weighted by Crippen LogP contribution is -2.32. The van der Waals surface area contributed by atoms with Crippen molar-refractivity contribution in [2.45, 2.75) is 46.0 Å². The lowest BCUT2D eigenvalue weighted by molar-refractivity contribution is 0.303. The Balaban J connectivity index is 1.97. The van der Waals surface area contributed by atoms with E-state index in [2.05, 4.69) is 30.1 Å².